The highest BCUT2D eigenvalue weighted by atomic mass is 16.7. The fraction of sp³-hybridized carbons (Fsp3) is 0.500. The summed E-state index contributed by atoms with van der Waals surface area (Å²) in [5, 5.41) is 2.91. The van der Waals surface area contributed by atoms with Crippen molar-refractivity contribution in [2.24, 2.45) is 0 Å². The van der Waals surface area contributed by atoms with Crippen molar-refractivity contribution in [3.63, 3.8) is 0 Å². The van der Waals surface area contributed by atoms with E-state index < -0.39 is 48.6 Å². The number of imidazole rings is 1. The molecule has 0 radical (unpaired) electrons. The Morgan fingerprint density at radius 3 is 2.57 bits per heavy atom. The van der Waals surface area contributed by atoms with Gasteiger partial charge in [0, 0.05) is 20.9 Å². The SMILES string of the molecule is CNc1ncnc2c1ncn2[C@@H]1O[C@H]2[C@H](OC(=O)[C@H]2OC(C)=O)[C@@H]1OC(C)=O. The van der Waals surface area contributed by atoms with Crippen LogP contribution in [0.5, 0.6) is 0 Å². The summed E-state index contributed by atoms with van der Waals surface area (Å²) in [5.74, 6) is -1.48. The summed E-state index contributed by atoms with van der Waals surface area (Å²) in [6, 6.07) is 0. The molecule has 2 aliphatic rings. The molecule has 2 aromatic heterocycles. The number of nitrogens with zero attached hydrogens (tertiary/aromatic N) is 4. The van der Waals surface area contributed by atoms with Crippen LogP contribution >= 0.6 is 0 Å². The molecule has 2 aliphatic heterocycles. The molecule has 0 bridgehead atoms. The molecule has 4 rings (SSSR count). The molecule has 12 nitrogen and oxygen atoms in total. The van der Waals surface area contributed by atoms with Crippen molar-refractivity contribution in [2.45, 2.75) is 44.5 Å². The minimum Gasteiger partial charge on any atom is -0.454 e. The molecule has 4 heterocycles. The summed E-state index contributed by atoms with van der Waals surface area (Å²) in [6.07, 6.45) is -2.17. The first-order valence-corrected chi connectivity index (χ1v) is 8.46. The molecule has 0 spiro atoms. The zero-order chi connectivity index (χ0) is 20.0. The van der Waals surface area contributed by atoms with Crippen LogP contribution in [-0.4, -0.2) is 68.9 Å². The van der Waals surface area contributed by atoms with Gasteiger partial charge < -0.3 is 24.3 Å². The van der Waals surface area contributed by atoms with Gasteiger partial charge in [-0.1, -0.05) is 0 Å². The highest BCUT2D eigenvalue weighted by Crippen LogP contribution is 2.41. The van der Waals surface area contributed by atoms with E-state index in [1.807, 2.05) is 0 Å². The molecule has 1 N–H and O–H groups in total. The molecule has 0 aliphatic carbocycles. The topological polar surface area (TPSA) is 144 Å². The Morgan fingerprint density at radius 2 is 1.89 bits per heavy atom. The van der Waals surface area contributed by atoms with E-state index in [1.54, 1.807) is 11.6 Å². The van der Waals surface area contributed by atoms with E-state index in [2.05, 4.69) is 20.3 Å². The number of ether oxygens (including phenoxy) is 4. The van der Waals surface area contributed by atoms with Gasteiger partial charge in [0.2, 0.25) is 6.10 Å². The monoisotopic (exact) mass is 391 g/mol. The van der Waals surface area contributed by atoms with E-state index in [-0.39, 0.29) is 0 Å². The molecule has 0 unspecified atom stereocenters. The first-order chi connectivity index (χ1) is 13.4. The van der Waals surface area contributed by atoms with Crippen LogP contribution < -0.4 is 5.32 Å². The number of carbonyl (C=O) groups is 3. The van der Waals surface area contributed by atoms with Gasteiger partial charge in [-0.15, -0.1) is 0 Å². The van der Waals surface area contributed by atoms with Crippen LogP contribution in [0.25, 0.3) is 11.2 Å². The van der Waals surface area contributed by atoms with Gasteiger partial charge in [-0.3, -0.25) is 14.2 Å². The third-order valence-electron chi connectivity index (χ3n) is 4.47. The van der Waals surface area contributed by atoms with Gasteiger partial charge in [0.15, 0.2) is 29.9 Å². The zero-order valence-electron chi connectivity index (χ0n) is 15.2. The van der Waals surface area contributed by atoms with Gasteiger partial charge in [-0.25, -0.2) is 19.7 Å². The van der Waals surface area contributed by atoms with Gasteiger partial charge in [-0.2, -0.15) is 0 Å². The fourth-order valence-electron chi connectivity index (χ4n) is 3.43. The van der Waals surface area contributed by atoms with E-state index in [4.69, 9.17) is 18.9 Å². The molecule has 2 fully saturated rings. The van der Waals surface area contributed by atoms with Crippen LogP contribution in [0.4, 0.5) is 5.82 Å². The summed E-state index contributed by atoms with van der Waals surface area (Å²) in [4.78, 5) is 47.7. The molecule has 5 atom stereocenters. The molecule has 148 valence electrons. The van der Waals surface area contributed by atoms with E-state index in [1.165, 1.54) is 26.5 Å². The van der Waals surface area contributed by atoms with Crippen molar-refractivity contribution in [2.75, 3.05) is 12.4 Å². The van der Waals surface area contributed by atoms with Crippen molar-refractivity contribution in [1.29, 1.82) is 0 Å². The summed E-state index contributed by atoms with van der Waals surface area (Å²) in [7, 11) is 1.70. The van der Waals surface area contributed by atoms with Crippen molar-refractivity contribution in [1.82, 2.24) is 19.5 Å². The van der Waals surface area contributed by atoms with Crippen molar-refractivity contribution < 1.29 is 33.3 Å². The Morgan fingerprint density at radius 1 is 1.14 bits per heavy atom. The maximum absolute atomic E-state index is 12.1. The summed E-state index contributed by atoms with van der Waals surface area (Å²) >= 11 is 0. The van der Waals surface area contributed by atoms with E-state index in [0.717, 1.165) is 0 Å². The number of rotatable bonds is 4. The smallest absolute Gasteiger partial charge is 0.350 e. The number of hydrogen-bond acceptors (Lipinski definition) is 11. The molecule has 2 saturated heterocycles. The quantitative estimate of drug-likeness (QED) is 0.534. The second-order valence-electron chi connectivity index (χ2n) is 6.29. The lowest BCUT2D eigenvalue weighted by Gasteiger charge is -2.22. The number of nitrogens with one attached hydrogen (secondary N) is 1. The lowest BCUT2D eigenvalue weighted by atomic mass is 10.1. The highest BCUT2D eigenvalue weighted by molar-refractivity contribution is 5.83. The van der Waals surface area contributed by atoms with Crippen molar-refractivity contribution in [3.8, 4) is 0 Å². The first-order valence-electron chi connectivity index (χ1n) is 8.46. The summed E-state index contributed by atoms with van der Waals surface area (Å²) < 4.78 is 23.2. The molecular formula is C16H17N5O7. The predicted molar refractivity (Wildman–Crippen MR) is 89.8 cm³/mol. The predicted octanol–water partition coefficient (Wildman–Crippen LogP) is -0.446. The normalized spacial score (nSPS) is 28.7. The molecule has 0 amide bonds. The molecule has 0 saturated carbocycles. The third-order valence-corrected chi connectivity index (χ3v) is 4.47. The first kappa shape index (κ1) is 18.1. The third kappa shape index (κ3) is 2.81. The second-order valence-corrected chi connectivity index (χ2v) is 6.29. The molecule has 0 aromatic carbocycles. The zero-order valence-corrected chi connectivity index (χ0v) is 15.2. The number of aromatic nitrogens is 4. The number of esters is 3. The lowest BCUT2D eigenvalue weighted by molar-refractivity contribution is -0.174. The average molecular weight is 391 g/mol. The fourth-order valence-corrected chi connectivity index (χ4v) is 3.43. The largest absolute Gasteiger partial charge is 0.454 e. The van der Waals surface area contributed by atoms with E-state index in [9.17, 15) is 14.4 Å². The lowest BCUT2D eigenvalue weighted by Crippen LogP contribution is -2.36. The Kier molecular flexibility index (Phi) is 4.34. The minimum atomic E-state index is -1.25. The molecule has 2 aromatic rings. The average Bonchev–Trinajstić information content (AvgIpc) is 3.29. The van der Waals surface area contributed by atoms with Crippen LogP contribution in [0, 0.1) is 0 Å². The molecule has 28 heavy (non-hydrogen) atoms. The minimum absolute atomic E-state index is 0.428. The standard InChI is InChI=1S/C16H17N5O7/c1-6(22)25-11-9-10(12(16(24)28-9)26-7(2)23)27-15(11)21-5-20-8-13(17-3)18-4-19-14(8)21/h4-5,9-12,15H,1-3H3,(H,17,18,19)/t9-,10-,11-,12-,15+/m0/s1. The van der Waals surface area contributed by atoms with Gasteiger partial charge >= 0.3 is 17.9 Å². The van der Waals surface area contributed by atoms with E-state index in [0.29, 0.717) is 17.0 Å². The molecular weight excluding hydrogens is 374 g/mol. The maximum Gasteiger partial charge on any atom is 0.350 e. The number of anilines is 1. The van der Waals surface area contributed by atoms with Crippen LogP contribution in [0.2, 0.25) is 0 Å². The Bertz CT molecular complexity index is 960. The van der Waals surface area contributed by atoms with Crippen LogP contribution in [0.15, 0.2) is 12.7 Å². The number of carbonyl (C=O) groups excluding carboxylic acids is 3. The van der Waals surface area contributed by atoms with Crippen LogP contribution in [0.3, 0.4) is 0 Å². The number of hydrogen-bond donors (Lipinski definition) is 1. The van der Waals surface area contributed by atoms with Crippen molar-refractivity contribution >= 4 is 34.9 Å². The van der Waals surface area contributed by atoms with Gasteiger partial charge in [0.25, 0.3) is 0 Å². The Labute approximate surface area is 158 Å². The van der Waals surface area contributed by atoms with Crippen LogP contribution in [-0.2, 0) is 33.3 Å². The summed E-state index contributed by atoms with van der Waals surface area (Å²) in [5.41, 5.74) is 0.914. The van der Waals surface area contributed by atoms with E-state index >= 15 is 0 Å². The molecule has 12 heteroatoms. The Hall–Kier alpha value is -3.28. The Balaban J connectivity index is 1.73. The second kappa shape index (κ2) is 6.71. The summed E-state index contributed by atoms with van der Waals surface area (Å²) in [6.45, 7) is 2.41. The highest BCUT2D eigenvalue weighted by Gasteiger charge is 2.61. The van der Waals surface area contributed by atoms with Crippen molar-refractivity contribution in [3.05, 3.63) is 12.7 Å². The number of fused-ring (bicyclic) bond motifs is 2. The maximum atomic E-state index is 12.1. The van der Waals surface area contributed by atoms with Gasteiger partial charge in [0.1, 0.15) is 17.9 Å². The van der Waals surface area contributed by atoms with Crippen LogP contribution in [0.1, 0.15) is 20.1 Å². The van der Waals surface area contributed by atoms with Gasteiger partial charge in [-0.05, 0) is 0 Å². The van der Waals surface area contributed by atoms with Gasteiger partial charge in [0.05, 0.1) is 6.33 Å².